The average molecular weight is 85.2 g/mol. The van der Waals surface area contributed by atoms with Crippen molar-refractivity contribution in [1.82, 2.24) is 0 Å². The van der Waals surface area contributed by atoms with E-state index < -0.39 is 0 Å². The van der Waals surface area contributed by atoms with Crippen LogP contribution in [0.15, 0.2) is 12.6 Å². The summed E-state index contributed by atoms with van der Waals surface area (Å²) >= 11 is 0. The third-order valence-corrected chi connectivity index (χ3v) is 0.724. The van der Waals surface area contributed by atoms with E-state index in [1.807, 2.05) is 6.08 Å². The standard InChI is InChI=1S/C6H12/c1-3-5-6-4-2/h3H,1,4-6H2,2H3/i1D. The van der Waals surface area contributed by atoms with E-state index in [4.69, 9.17) is 1.37 Å². The molecule has 0 aromatic rings. The van der Waals surface area contributed by atoms with Crippen molar-refractivity contribution < 1.29 is 1.37 Å². The zero-order valence-corrected chi connectivity index (χ0v) is 4.28. The van der Waals surface area contributed by atoms with E-state index in [0.29, 0.717) is 0 Å². The lowest BCUT2D eigenvalue weighted by Crippen LogP contribution is -1.61. The molecule has 0 fully saturated rings. The first-order chi connectivity index (χ1) is 3.41. The van der Waals surface area contributed by atoms with E-state index >= 15 is 0 Å². The Labute approximate surface area is 41.3 Å². The lowest BCUT2D eigenvalue weighted by molar-refractivity contribution is 0.816. The van der Waals surface area contributed by atoms with Gasteiger partial charge in [-0.25, -0.2) is 0 Å². The Morgan fingerprint density at radius 3 is 3.33 bits per heavy atom. The van der Waals surface area contributed by atoms with Gasteiger partial charge in [-0.2, -0.15) is 0 Å². The topological polar surface area (TPSA) is 0 Å². The van der Waals surface area contributed by atoms with Crippen LogP contribution >= 0.6 is 0 Å². The van der Waals surface area contributed by atoms with Gasteiger partial charge in [-0.1, -0.05) is 25.8 Å². The first kappa shape index (κ1) is 3.91. The molecule has 36 valence electrons. The molecule has 0 N–H and O–H groups in total. The Hall–Kier alpha value is -0.260. The van der Waals surface area contributed by atoms with Gasteiger partial charge in [0.1, 0.15) is 0 Å². The number of unbranched alkanes of at least 4 members (excludes halogenated alkanes) is 2. The van der Waals surface area contributed by atoms with E-state index in [-0.39, 0.29) is 0 Å². The van der Waals surface area contributed by atoms with E-state index in [0.717, 1.165) is 6.42 Å². The maximum atomic E-state index is 6.60. The first-order valence-corrected chi connectivity index (χ1v) is 2.45. The van der Waals surface area contributed by atoms with Gasteiger partial charge >= 0.3 is 0 Å². The van der Waals surface area contributed by atoms with Gasteiger partial charge in [0.2, 0.25) is 0 Å². The number of allylic oxidation sites excluding steroid dienone is 1. The third-order valence-electron chi connectivity index (χ3n) is 0.724. The summed E-state index contributed by atoms with van der Waals surface area (Å²) in [6, 6.07) is 0. The molecule has 0 bridgehead atoms. The molecule has 0 spiro atoms. The van der Waals surface area contributed by atoms with Gasteiger partial charge in [0.15, 0.2) is 0 Å². The van der Waals surface area contributed by atoms with Crippen molar-refractivity contribution in [3.63, 3.8) is 0 Å². The van der Waals surface area contributed by atoms with Crippen molar-refractivity contribution in [1.29, 1.82) is 0 Å². The monoisotopic (exact) mass is 85.1 g/mol. The molecule has 0 radical (unpaired) electrons. The van der Waals surface area contributed by atoms with Crippen LogP contribution in [0.5, 0.6) is 0 Å². The molecule has 0 aromatic heterocycles. The van der Waals surface area contributed by atoms with Crippen molar-refractivity contribution in [2.75, 3.05) is 0 Å². The number of hydrogen-bond acceptors (Lipinski definition) is 0. The van der Waals surface area contributed by atoms with Crippen LogP contribution in [-0.4, -0.2) is 0 Å². The summed E-state index contributed by atoms with van der Waals surface area (Å²) in [5.41, 5.74) is 0. The molecule has 6 heavy (non-hydrogen) atoms. The zero-order chi connectivity index (χ0) is 5.54. The highest BCUT2D eigenvalue weighted by Crippen LogP contribution is 1.91. The number of rotatable bonds is 3. The Bertz CT molecular complexity index is 48.1. The summed E-state index contributed by atoms with van der Waals surface area (Å²) in [7, 11) is 0. The van der Waals surface area contributed by atoms with Gasteiger partial charge in [-0.3, -0.25) is 0 Å². The van der Waals surface area contributed by atoms with Crippen LogP contribution in [0.25, 0.3) is 0 Å². The van der Waals surface area contributed by atoms with Gasteiger partial charge in [0.05, 0.1) is 1.37 Å². The summed E-state index contributed by atoms with van der Waals surface area (Å²) in [5, 5.41) is 0. The average Bonchev–Trinajstić information content (AvgIpc) is 1.69. The summed E-state index contributed by atoms with van der Waals surface area (Å²) in [6.45, 7) is 3.51. The van der Waals surface area contributed by atoms with Crippen LogP contribution in [0.1, 0.15) is 27.6 Å². The van der Waals surface area contributed by atoms with E-state index in [9.17, 15) is 0 Å². The molecule has 0 nitrogen and oxygen atoms in total. The molecule has 0 aliphatic carbocycles. The predicted octanol–water partition coefficient (Wildman–Crippen LogP) is 2.36. The van der Waals surface area contributed by atoms with Crippen molar-refractivity contribution in [2.45, 2.75) is 26.2 Å². The van der Waals surface area contributed by atoms with Crippen LogP contribution in [0, 0.1) is 0 Å². The van der Waals surface area contributed by atoms with E-state index in [1.54, 1.807) is 0 Å². The molecular weight excluding hydrogens is 72.1 g/mol. The summed E-state index contributed by atoms with van der Waals surface area (Å²) in [5.74, 6) is 0. The number of hydrogen-bond donors (Lipinski definition) is 0. The Morgan fingerprint density at radius 2 is 2.83 bits per heavy atom. The first-order valence-electron chi connectivity index (χ1n) is 3.03. The molecule has 0 amide bonds. The van der Waals surface area contributed by atoms with Crippen LogP contribution in [-0.2, 0) is 0 Å². The Kier molecular flexibility index (Phi) is 3.09. The van der Waals surface area contributed by atoms with E-state index in [1.165, 1.54) is 19.4 Å². The fourth-order valence-corrected chi connectivity index (χ4v) is 0.322. The van der Waals surface area contributed by atoms with Crippen LogP contribution in [0.4, 0.5) is 0 Å². The molecular formula is C6H12. The van der Waals surface area contributed by atoms with Gasteiger partial charge in [-0.05, 0) is 6.42 Å². The zero-order valence-electron chi connectivity index (χ0n) is 5.28. The van der Waals surface area contributed by atoms with Crippen LogP contribution < -0.4 is 0 Å². The molecule has 0 atom stereocenters. The Morgan fingerprint density at radius 1 is 2.00 bits per heavy atom. The molecule has 0 saturated carbocycles. The third kappa shape index (κ3) is 3.74. The summed E-state index contributed by atoms with van der Waals surface area (Å²) < 4.78 is 6.60. The second kappa shape index (κ2) is 4.74. The second-order valence-electron chi connectivity index (χ2n) is 1.38. The minimum atomic E-state index is 1.07. The molecule has 0 aliphatic heterocycles. The minimum absolute atomic E-state index is 1.07. The highest BCUT2D eigenvalue weighted by atomic mass is 13.8. The van der Waals surface area contributed by atoms with Crippen molar-refractivity contribution >= 4 is 0 Å². The molecule has 0 saturated heterocycles. The Balaban J connectivity index is 2.69. The van der Waals surface area contributed by atoms with Crippen LogP contribution in [0.2, 0.25) is 0 Å². The lowest BCUT2D eigenvalue weighted by atomic mass is 10.3. The highest BCUT2D eigenvalue weighted by molar-refractivity contribution is 4.64. The quantitative estimate of drug-likeness (QED) is 0.364. The van der Waals surface area contributed by atoms with Crippen molar-refractivity contribution in [3.8, 4) is 0 Å². The van der Waals surface area contributed by atoms with Gasteiger partial charge in [0, 0.05) is 0 Å². The molecule has 0 aromatic carbocycles. The predicted molar refractivity (Wildman–Crippen MR) is 29.7 cm³/mol. The van der Waals surface area contributed by atoms with E-state index in [2.05, 4.69) is 6.92 Å². The molecule has 0 heterocycles. The van der Waals surface area contributed by atoms with Crippen molar-refractivity contribution in [2.24, 2.45) is 0 Å². The fourth-order valence-electron chi connectivity index (χ4n) is 0.322. The minimum Gasteiger partial charge on any atom is -0.103 e. The highest BCUT2D eigenvalue weighted by Gasteiger charge is 1.71. The smallest absolute Gasteiger partial charge is 0.0534 e. The molecule has 0 unspecified atom stereocenters. The lowest BCUT2D eigenvalue weighted by Gasteiger charge is -1.81. The summed E-state index contributed by atoms with van der Waals surface area (Å²) in [4.78, 5) is 0. The van der Waals surface area contributed by atoms with Crippen molar-refractivity contribution in [3.05, 3.63) is 12.6 Å². The van der Waals surface area contributed by atoms with Gasteiger partial charge in [-0.15, -0.1) is 6.55 Å². The SMILES string of the molecule is [2H]C=CCCCC. The molecule has 0 heteroatoms. The maximum absolute atomic E-state index is 6.60. The molecule has 0 rings (SSSR count). The van der Waals surface area contributed by atoms with Crippen LogP contribution in [0.3, 0.4) is 0 Å². The second-order valence-corrected chi connectivity index (χ2v) is 1.38. The largest absolute Gasteiger partial charge is 0.103 e. The summed E-state index contributed by atoms with van der Waals surface area (Å²) in [6.07, 6.45) is 5.39. The molecule has 0 aliphatic rings. The fraction of sp³-hybridized carbons (Fsp3) is 0.667. The van der Waals surface area contributed by atoms with Gasteiger partial charge in [0.25, 0.3) is 0 Å². The van der Waals surface area contributed by atoms with Gasteiger partial charge < -0.3 is 0 Å². The maximum Gasteiger partial charge on any atom is 0.0534 e. The normalized spacial score (nSPS) is 12.5.